The predicted octanol–water partition coefficient (Wildman–Crippen LogP) is 1.78. The van der Waals surface area contributed by atoms with E-state index in [2.05, 4.69) is 26.6 Å². The van der Waals surface area contributed by atoms with Gasteiger partial charge in [0.2, 0.25) is 0 Å². The lowest BCUT2D eigenvalue weighted by molar-refractivity contribution is -0.143. The van der Waals surface area contributed by atoms with Crippen LogP contribution in [0.5, 0.6) is 5.75 Å². The number of hydrogen-bond donors (Lipinski definition) is 2. The molecule has 0 aliphatic carbocycles. The quantitative estimate of drug-likeness (QED) is 0.318. The first-order valence-electron chi connectivity index (χ1n) is 9.18. The molecule has 0 amide bonds. The number of nitrogens with zero attached hydrogens (tertiary/aromatic N) is 2. The van der Waals surface area contributed by atoms with Gasteiger partial charge in [0, 0.05) is 39.1 Å². The molecule has 0 saturated carbocycles. The fourth-order valence-corrected chi connectivity index (χ4v) is 3.05. The van der Waals surface area contributed by atoms with Crippen LogP contribution in [0.4, 0.5) is 5.69 Å². The Morgan fingerprint density at radius 3 is 2.92 bits per heavy atom. The number of carbonyl (C=O) groups is 1. The van der Waals surface area contributed by atoms with Gasteiger partial charge in [0.25, 0.3) is 0 Å². The summed E-state index contributed by atoms with van der Waals surface area (Å²) < 4.78 is 10.4. The molecule has 1 heterocycles. The molecular weight excluding hydrogens is 332 g/mol. The Labute approximate surface area is 155 Å². The first-order chi connectivity index (χ1) is 12.7. The van der Waals surface area contributed by atoms with Crippen LogP contribution < -0.4 is 20.3 Å². The van der Waals surface area contributed by atoms with Crippen molar-refractivity contribution >= 4 is 17.6 Å². The third kappa shape index (κ3) is 5.82. The summed E-state index contributed by atoms with van der Waals surface area (Å²) in [5, 5.41) is 6.72. The largest absolute Gasteiger partial charge is 0.495 e. The number of aliphatic imine (C=N–C) groups is 1. The number of hydrogen-bond acceptors (Lipinski definition) is 5. The highest BCUT2D eigenvalue weighted by molar-refractivity contribution is 5.80. The summed E-state index contributed by atoms with van der Waals surface area (Å²) in [4.78, 5) is 17.9. The normalized spacial score (nSPS) is 17.1. The maximum Gasteiger partial charge on any atom is 0.305 e. The first-order valence-corrected chi connectivity index (χ1v) is 9.18. The van der Waals surface area contributed by atoms with Gasteiger partial charge in [-0.05, 0) is 31.9 Å². The van der Waals surface area contributed by atoms with E-state index in [1.807, 2.05) is 25.1 Å². The Morgan fingerprint density at radius 2 is 2.19 bits per heavy atom. The van der Waals surface area contributed by atoms with Gasteiger partial charge in [-0.15, -0.1) is 0 Å². The van der Waals surface area contributed by atoms with E-state index >= 15 is 0 Å². The lowest BCUT2D eigenvalue weighted by atomic mass is 10.2. The summed E-state index contributed by atoms with van der Waals surface area (Å²) in [5.74, 6) is 1.51. The molecule has 144 valence electrons. The molecule has 1 saturated heterocycles. The molecule has 0 spiro atoms. The Bertz CT molecular complexity index is 606. The monoisotopic (exact) mass is 362 g/mol. The van der Waals surface area contributed by atoms with E-state index < -0.39 is 0 Å². The van der Waals surface area contributed by atoms with Gasteiger partial charge in [-0.25, -0.2) is 0 Å². The van der Waals surface area contributed by atoms with E-state index in [0.29, 0.717) is 25.6 Å². The number of guanidine groups is 1. The van der Waals surface area contributed by atoms with Crippen LogP contribution in [-0.4, -0.2) is 58.4 Å². The van der Waals surface area contributed by atoms with Gasteiger partial charge in [-0.1, -0.05) is 12.1 Å². The molecule has 1 aromatic rings. The summed E-state index contributed by atoms with van der Waals surface area (Å²) in [6.07, 6.45) is 2.17. The third-order valence-electron chi connectivity index (χ3n) is 4.33. The van der Waals surface area contributed by atoms with Gasteiger partial charge in [0.1, 0.15) is 5.75 Å². The van der Waals surface area contributed by atoms with Crippen molar-refractivity contribution in [1.29, 1.82) is 0 Å². The standard InChI is InChI=1S/C19H30N4O3/c1-4-26-18(24)10-7-12-21-19(20-2)22-15-11-13-23(14-15)16-8-5-6-9-17(16)25-3/h5-6,8-9,15H,4,7,10-14H2,1-3H3,(H2,20,21,22). The van der Waals surface area contributed by atoms with Crippen LogP contribution in [0.1, 0.15) is 26.2 Å². The molecule has 7 nitrogen and oxygen atoms in total. The van der Waals surface area contributed by atoms with Crippen molar-refractivity contribution in [3.63, 3.8) is 0 Å². The van der Waals surface area contributed by atoms with Crippen LogP contribution in [0.2, 0.25) is 0 Å². The number of para-hydroxylation sites is 2. The molecule has 1 unspecified atom stereocenters. The summed E-state index contributed by atoms with van der Waals surface area (Å²) >= 11 is 0. The van der Waals surface area contributed by atoms with Crippen LogP contribution in [0.25, 0.3) is 0 Å². The summed E-state index contributed by atoms with van der Waals surface area (Å²) in [7, 11) is 3.46. The highest BCUT2D eigenvalue weighted by atomic mass is 16.5. The van der Waals surface area contributed by atoms with Crippen molar-refractivity contribution in [3.05, 3.63) is 24.3 Å². The van der Waals surface area contributed by atoms with Gasteiger partial charge in [-0.3, -0.25) is 9.79 Å². The minimum absolute atomic E-state index is 0.152. The molecule has 2 N–H and O–H groups in total. The molecule has 1 aromatic carbocycles. The van der Waals surface area contributed by atoms with Crippen LogP contribution >= 0.6 is 0 Å². The molecule has 26 heavy (non-hydrogen) atoms. The highest BCUT2D eigenvalue weighted by Gasteiger charge is 2.25. The van der Waals surface area contributed by atoms with Gasteiger partial charge >= 0.3 is 5.97 Å². The Morgan fingerprint density at radius 1 is 1.38 bits per heavy atom. The Balaban J connectivity index is 1.76. The van der Waals surface area contributed by atoms with Gasteiger partial charge in [0.05, 0.1) is 19.4 Å². The highest BCUT2D eigenvalue weighted by Crippen LogP contribution is 2.30. The fraction of sp³-hybridized carbons (Fsp3) is 0.579. The Kier molecular flexibility index (Phi) is 8.05. The van der Waals surface area contributed by atoms with Crippen LogP contribution in [0.15, 0.2) is 29.3 Å². The molecule has 0 bridgehead atoms. The van der Waals surface area contributed by atoms with E-state index in [1.54, 1.807) is 14.2 Å². The minimum Gasteiger partial charge on any atom is -0.495 e. The number of carbonyl (C=O) groups excluding carboxylic acids is 1. The molecular formula is C19H30N4O3. The van der Waals surface area contributed by atoms with Crippen LogP contribution in [-0.2, 0) is 9.53 Å². The average molecular weight is 362 g/mol. The lowest BCUT2D eigenvalue weighted by Crippen LogP contribution is -2.44. The molecule has 1 aliphatic rings. The van der Waals surface area contributed by atoms with Gasteiger partial charge in [-0.2, -0.15) is 0 Å². The maximum absolute atomic E-state index is 11.3. The molecule has 1 fully saturated rings. The SMILES string of the molecule is CCOC(=O)CCCNC(=NC)NC1CCN(c2ccccc2OC)C1. The number of methoxy groups -OCH3 is 1. The van der Waals surface area contributed by atoms with Gasteiger partial charge < -0.3 is 25.0 Å². The lowest BCUT2D eigenvalue weighted by Gasteiger charge is -2.22. The second kappa shape index (κ2) is 10.5. The van der Waals surface area contributed by atoms with Crippen molar-refractivity contribution < 1.29 is 14.3 Å². The summed E-state index contributed by atoms with van der Waals surface area (Å²) in [6, 6.07) is 8.40. The third-order valence-corrected chi connectivity index (χ3v) is 4.33. The molecule has 0 aromatic heterocycles. The minimum atomic E-state index is -0.152. The molecule has 1 aliphatic heterocycles. The fourth-order valence-electron chi connectivity index (χ4n) is 3.05. The van der Waals surface area contributed by atoms with Crippen LogP contribution in [0, 0.1) is 0 Å². The number of ether oxygens (including phenoxy) is 2. The zero-order chi connectivity index (χ0) is 18.8. The van der Waals surface area contributed by atoms with E-state index in [9.17, 15) is 4.79 Å². The van der Waals surface area contributed by atoms with Crippen molar-refractivity contribution in [2.75, 3.05) is 45.3 Å². The second-order valence-corrected chi connectivity index (χ2v) is 6.16. The summed E-state index contributed by atoms with van der Waals surface area (Å²) in [5.41, 5.74) is 1.12. The first kappa shape index (κ1) is 19.9. The van der Waals surface area contributed by atoms with Gasteiger partial charge in [0.15, 0.2) is 5.96 Å². The topological polar surface area (TPSA) is 75.2 Å². The predicted molar refractivity (Wildman–Crippen MR) is 104 cm³/mol. The molecule has 0 radical (unpaired) electrons. The van der Waals surface area contributed by atoms with Crippen LogP contribution in [0.3, 0.4) is 0 Å². The van der Waals surface area contributed by atoms with E-state index in [4.69, 9.17) is 9.47 Å². The van der Waals surface area contributed by atoms with Crippen molar-refractivity contribution in [2.24, 2.45) is 4.99 Å². The number of anilines is 1. The zero-order valence-electron chi connectivity index (χ0n) is 16.0. The number of rotatable bonds is 8. The average Bonchev–Trinajstić information content (AvgIpc) is 3.12. The van der Waals surface area contributed by atoms with Crippen molar-refractivity contribution in [3.8, 4) is 5.75 Å². The zero-order valence-corrected chi connectivity index (χ0v) is 16.0. The van der Waals surface area contributed by atoms with Crippen molar-refractivity contribution in [2.45, 2.75) is 32.2 Å². The van der Waals surface area contributed by atoms with E-state index in [0.717, 1.165) is 43.3 Å². The number of benzene rings is 1. The molecule has 2 rings (SSSR count). The number of esters is 1. The smallest absolute Gasteiger partial charge is 0.305 e. The van der Waals surface area contributed by atoms with E-state index in [-0.39, 0.29) is 5.97 Å². The van der Waals surface area contributed by atoms with Crippen molar-refractivity contribution in [1.82, 2.24) is 10.6 Å². The molecule has 7 heteroatoms. The summed E-state index contributed by atoms with van der Waals surface area (Å²) in [6.45, 7) is 4.79. The number of nitrogens with one attached hydrogen (secondary N) is 2. The molecule has 1 atom stereocenters. The Hall–Kier alpha value is -2.44. The maximum atomic E-state index is 11.3. The van der Waals surface area contributed by atoms with E-state index in [1.165, 1.54) is 0 Å². The second-order valence-electron chi connectivity index (χ2n) is 6.16.